The van der Waals surface area contributed by atoms with Gasteiger partial charge in [-0.3, -0.25) is 4.79 Å². The van der Waals surface area contributed by atoms with Gasteiger partial charge in [-0.25, -0.2) is 4.98 Å². The van der Waals surface area contributed by atoms with Crippen LogP contribution in [0.1, 0.15) is 19.3 Å². The van der Waals surface area contributed by atoms with Gasteiger partial charge in [0.25, 0.3) is 0 Å². The number of carbonyl (C=O) groups is 1. The fourth-order valence-electron chi connectivity index (χ4n) is 3.07. The van der Waals surface area contributed by atoms with Gasteiger partial charge in [0.1, 0.15) is 0 Å². The largest absolute Gasteiger partial charge is 0.339 e. The van der Waals surface area contributed by atoms with Crippen LogP contribution in [0.25, 0.3) is 0 Å². The monoisotopic (exact) mass is 274 g/mol. The van der Waals surface area contributed by atoms with E-state index in [-0.39, 0.29) is 5.92 Å². The minimum atomic E-state index is 0.208. The van der Waals surface area contributed by atoms with E-state index in [2.05, 4.69) is 22.0 Å². The summed E-state index contributed by atoms with van der Waals surface area (Å²) in [5.74, 6) is 1.55. The molecule has 2 heterocycles. The topological polar surface area (TPSA) is 41.4 Å². The minimum absolute atomic E-state index is 0.208. The highest BCUT2D eigenvalue weighted by Gasteiger charge is 2.28. The predicted octanol–water partition coefficient (Wildman–Crippen LogP) is 1.43. The van der Waals surface area contributed by atoms with Gasteiger partial charge in [-0.05, 0) is 19.3 Å². The number of piperazine rings is 1. The molecule has 2 aliphatic rings. The summed E-state index contributed by atoms with van der Waals surface area (Å²) in [4.78, 5) is 21.1. The molecule has 1 atom stereocenters. The van der Waals surface area contributed by atoms with Crippen molar-refractivity contribution < 1.29 is 4.79 Å². The van der Waals surface area contributed by atoms with E-state index in [1.165, 1.54) is 0 Å². The molecule has 1 aliphatic heterocycles. The molecule has 5 nitrogen and oxygen atoms in total. The summed E-state index contributed by atoms with van der Waals surface area (Å²) in [7, 11) is 2.01. The number of allylic oxidation sites excluding steroid dienone is 2. The molecule has 1 aromatic rings. The van der Waals surface area contributed by atoms with Gasteiger partial charge in [-0.2, -0.15) is 0 Å². The van der Waals surface area contributed by atoms with E-state index in [0.717, 1.165) is 51.4 Å². The molecule has 1 fully saturated rings. The van der Waals surface area contributed by atoms with Gasteiger partial charge in [0, 0.05) is 51.5 Å². The third-order valence-corrected chi connectivity index (χ3v) is 4.29. The van der Waals surface area contributed by atoms with E-state index >= 15 is 0 Å². The number of anilines is 1. The van der Waals surface area contributed by atoms with Gasteiger partial charge in [-0.1, -0.05) is 12.2 Å². The molecule has 0 unspecified atom stereocenters. The van der Waals surface area contributed by atoms with E-state index in [1.54, 1.807) is 0 Å². The van der Waals surface area contributed by atoms with E-state index in [9.17, 15) is 4.79 Å². The lowest BCUT2D eigenvalue weighted by atomic mass is 9.93. The number of aryl methyl sites for hydroxylation is 1. The summed E-state index contributed by atoms with van der Waals surface area (Å²) in [5, 5.41) is 0. The molecule has 1 saturated heterocycles. The van der Waals surface area contributed by atoms with E-state index in [1.807, 2.05) is 28.9 Å². The highest BCUT2D eigenvalue weighted by atomic mass is 16.2. The second-order valence-electron chi connectivity index (χ2n) is 5.63. The first kappa shape index (κ1) is 13.2. The van der Waals surface area contributed by atoms with Crippen molar-refractivity contribution in [2.75, 3.05) is 31.1 Å². The molecule has 0 N–H and O–H groups in total. The average molecular weight is 274 g/mol. The number of amides is 1. The molecule has 0 radical (unpaired) electrons. The zero-order valence-corrected chi connectivity index (χ0v) is 12.0. The van der Waals surface area contributed by atoms with Crippen LogP contribution in [0.2, 0.25) is 0 Å². The first-order valence-corrected chi connectivity index (χ1v) is 7.42. The summed E-state index contributed by atoms with van der Waals surface area (Å²) in [6.07, 6.45) is 11.1. The van der Waals surface area contributed by atoms with Gasteiger partial charge < -0.3 is 14.4 Å². The molecule has 3 rings (SSSR count). The normalized spacial score (nSPS) is 23.1. The first-order chi connectivity index (χ1) is 9.75. The molecule has 0 saturated carbocycles. The highest BCUT2D eigenvalue weighted by Crippen LogP contribution is 2.22. The van der Waals surface area contributed by atoms with Gasteiger partial charge in [-0.15, -0.1) is 0 Å². The van der Waals surface area contributed by atoms with Crippen molar-refractivity contribution in [3.63, 3.8) is 0 Å². The van der Waals surface area contributed by atoms with E-state index in [0.29, 0.717) is 5.91 Å². The number of hydrogen-bond donors (Lipinski definition) is 0. The van der Waals surface area contributed by atoms with Crippen LogP contribution < -0.4 is 4.90 Å². The second kappa shape index (κ2) is 5.69. The van der Waals surface area contributed by atoms with Gasteiger partial charge in [0.15, 0.2) is 0 Å². The molecule has 1 aromatic heterocycles. The number of aromatic nitrogens is 2. The first-order valence-electron chi connectivity index (χ1n) is 7.42. The summed E-state index contributed by atoms with van der Waals surface area (Å²) in [6.45, 7) is 3.37. The quantitative estimate of drug-likeness (QED) is 0.766. The van der Waals surface area contributed by atoms with Crippen LogP contribution in [0.3, 0.4) is 0 Å². The molecule has 108 valence electrons. The fourth-order valence-corrected chi connectivity index (χ4v) is 3.07. The van der Waals surface area contributed by atoms with Gasteiger partial charge >= 0.3 is 0 Å². The van der Waals surface area contributed by atoms with Crippen LogP contribution in [0.4, 0.5) is 5.95 Å². The zero-order valence-electron chi connectivity index (χ0n) is 12.0. The Balaban J connectivity index is 1.57. The number of hydrogen-bond acceptors (Lipinski definition) is 3. The zero-order chi connectivity index (χ0) is 13.9. The predicted molar refractivity (Wildman–Crippen MR) is 78.5 cm³/mol. The van der Waals surface area contributed by atoms with Crippen molar-refractivity contribution in [2.24, 2.45) is 13.0 Å². The van der Waals surface area contributed by atoms with Crippen LogP contribution in [0, 0.1) is 5.92 Å². The molecule has 20 heavy (non-hydrogen) atoms. The maximum atomic E-state index is 12.5. The minimum Gasteiger partial charge on any atom is -0.339 e. The third kappa shape index (κ3) is 2.57. The highest BCUT2D eigenvalue weighted by molar-refractivity contribution is 5.79. The molecular formula is C15H22N4O. The fraction of sp³-hybridized carbons (Fsp3) is 0.600. The Hall–Kier alpha value is -1.78. The lowest BCUT2D eigenvalue weighted by molar-refractivity contribution is -0.136. The average Bonchev–Trinajstić information content (AvgIpc) is 2.94. The molecular weight excluding hydrogens is 252 g/mol. The van der Waals surface area contributed by atoms with Crippen LogP contribution >= 0.6 is 0 Å². The number of rotatable bonds is 2. The molecule has 0 spiro atoms. The van der Waals surface area contributed by atoms with Crippen molar-refractivity contribution in [1.29, 1.82) is 0 Å². The summed E-state index contributed by atoms with van der Waals surface area (Å²) in [5.41, 5.74) is 0. The number of nitrogens with zero attached hydrogens (tertiary/aromatic N) is 4. The van der Waals surface area contributed by atoms with Gasteiger partial charge in [0.2, 0.25) is 11.9 Å². The van der Waals surface area contributed by atoms with Crippen LogP contribution in [-0.2, 0) is 11.8 Å². The van der Waals surface area contributed by atoms with Crippen LogP contribution in [0.15, 0.2) is 24.5 Å². The van der Waals surface area contributed by atoms with Crippen molar-refractivity contribution in [1.82, 2.24) is 14.5 Å². The maximum Gasteiger partial charge on any atom is 0.226 e. The van der Waals surface area contributed by atoms with Crippen LogP contribution in [0.5, 0.6) is 0 Å². The van der Waals surface area contributed by atoms with Crippen molar-refractivity contribution in [3.05, 3.63) is 24.5 Å². The molecule has 0 bridgehead atoms. The Morgan fingerprint density at radius 1 is 1.25 bits per heavy atom. The lowest BCUT2D eigenvalue weighted by Crippen LogP contribution is -2.51. The molecule has 0 aromatic carbocycles. The smallest absolute Gasteiger partial charge is 0.226 e. The number of carbonyl (C=O) groups excluding carboxylic acids is 1. The Morgan fingerprint density at radius 2 is 2.05 bits per heavy atom. The standard InChI is InChI=1S/C15H22N4O/c1-17-8-7-16-15(17)19-11-9-18(10-12-19)14(20)13-5-3-2-4-6-13/h2-3,7-8,13H,4-6,9-12H2,1H3/t13-/m1/s1. The van der Waals surface area contributed by atoms with Crippen molar-refractivity contribution in [2.45, 2.75) is 19.3 Å². The molecule has 1 amide bonds. The lowest BCUT2D eigenvalue weighted by Gasteiger charge is -2.37. The summed E-state index contributed by atoms with van der Waals surface area (Å²) >= 11 is 0. The Bertz CT molecular complexity index is 500. The van der Waals surface area contributed by atoms with E-state index < -0.39 is 0 Å². The van der Waals surface area contributed by atoms with Gasteiger partial charge in [0.05, 0.1) is 0 Å². The maximum absolute atomic E-state index is 12.5. The summed E-state index contributed by atoms with van der Waals surface area (Å²) < 4.78 is 2.03. The Labute approximate surface area is 119 Å². The molecule has 5 heteroatoms. The summed E-state index contributed by atoms with van der Waals surface area (Å²) in [6, 6.07) is 0. The third-order valence-electron chi connectivity index (χ3n) is 4.29. The second-order valence-corrected chi connectivity index (χ2v) is 5.63. The van der Waals surface area contributed by atoms with Crippen molar-refractivity contribution in [3.8, 4) is 0 Å². The SMILES string of the molecule is Cn1ccnc1N1CCN(C(=O)[C@@H]2CC=CCC2)CC1. The van der Waals surface area contributed by atoms with E-state index in [4.69, 9.17) is 0 Å². The van der Waals surface area contributed by atoms with Crippen molar-refractivity contribution >= 4 is 11.9 Å². The van der Waals surface area contributed by atoms with Crippen LogP contribution in [-0.4, -0.2) is 46.5 Å². The molecule has 1 aliphatic carbocycles. The number of imidazole rings is 1. The Morgan fingerprint density at radius 3 is 2.65 bits per heavy atom. The Kier molecular flexibility index (Phi) is 3.76.